The molecule has 4 heteroatoms. The number of nitrogens with zero attached hydrogens (tertiary/aromatic N) is 2. The molecule has 2 aromatic rings. The van der Waals surface area contributed by atoms with Gasteiger partial charge in [0.1, 0.15) is 5.75 Å². The van der Waals surface area contributed by atoms with E-state index in [9.17, 15) is 9.90 Å². The normalized spacial score (nSPS) is 15.6. The number of hydrogen-bond acceptors (Lipinski definition) is 3. The highest BCUT2D eigenvalue weighted by Gasteiger charge is 2.21. The predicted molar refractivity (Wildman–Crippen MR) is 90.1 cm³/mol. The molecule has 0 spiro atoms. The van der Waals surface area contributed by atoms with E-state index in [1.54, 1.807) is 18.2 Å². The number of aromatic hydroxyl groups is 1. The first-order valence-electron chi connectivity index (χ1n) is 8.03. The van der Waals surface area contributed by atoms with Crippen molar-refractivity contribution in [2.45, 2.75) is 13.0 Å². The number of rotatable bonds is 4. The van der Waals surface area contributed by atoms with Gasteiger partial charge >= 0.3 is 0 Å². The van der Waals surface area contributed by atoms with Gasteiger partial charge in [0.15, 0.2) is 0 Å². The highest BCUT2D eigenvalue weighted by molar-refractivity contribution is 5.79. The van der Waals surface area contributed by atoms with E-state index in [1.165, 1.54) is 5.56 Å². The Kier molecular flexibility index (Phi) is 4.93. The molecule has 0 aliphatic carbocycles. The molecule has 3 rings (SSSR count). The lowest BCUT2D eigenvalue weighted by Gasteiger charge is -2.34. The first-order chi connectivity index (χ1) is 11.2. The fraction of sp³-hybridized carbons (Fsp3) is 0.316. The van der Waals surface area contributed by atoms with Gasteiger partial charge in [-0.2, -0.15) is 0 Å². The molecule has 1 saturated heterocycles. The summed E-state index contributed by atoms with van der Waals surface area (Å²) in [5.41, 5.74) is 2.17. The number of piperazine rings is 1. The van der Waals surface area contributed by atoms with E-state index in [-0.39, 0.29) is 11.7 Å². The van der Waals surface area contributed by atoms with Crippen LogP contribution in [0.5, 0.6) is 5.75 Å². The van der Waals surface area contributed by atoms with Gasteiger partial charge in [0.05, 0.1) is 6.42 Å². The summed E-state index contributed by atoms with van der Waals surface area (Å²) in [6, 6.07) is 17.4. The Morgan fingerprint density at radius 3 is 2.30 bits per heavy atom. The molecule has 1 aliphatic heterocycles. The molecule has 23 heavy (non-hydrogen) atoms. The van der Waals surface area contributed by atoms with Crippen LogP contribution in [-0.4, -0.2) is 47.0 Å². The van der Waals surface area contributed by atoms with E-state index in [1.807, 2.05) is 17.0 Å². The number of phenolic OH excluding ortho intramolecular Hbond substituents is 1. The molecule has 0 saturated carbocycles. The Bertz CT molecular complexity index is 649. The van der Waals surface area contributed by atoms with E-state index in [0.29, 0.717) is 6.42 Å². The molecule has 1 aliphatic rings. The van der Waals surface area contributed by atoms with Crippen molar-refractivity contribution < 1.29 is 9.90 Å². The zero-order chi connectivity index (χ0) is 16.1. The lowest BCUT2D eigenvalue weighted by atomic mass is 10.1. The summed E-state index contributed by atoms with van der Waals surface area (Å²) >= 11 is 0. The van der Waals surface area contributed by atoms with Gasteiger partial charge in [-0.05, 0) is 23.3 Å². The zero-order valence-corrected chi connectivity index (χ0v) is 13.2. The first-order valence-corrected chi connectivity index (χ1v) is 8.03. The van der Waals surface area contributed by atoms with Crippen LogP contribution >= 0.6 is 0 Å². The predicted octanol–water partition coefficient (Wildman–Crippen LogP) is 2.28. The highest BCUT2D eigenvalue weighted by Crippen LogP contribution is 2.14. The van der Waals surface area contributed by atoms with Gasteiger partial charge in [0.25, 0.3) is 0 Å². The average Bonchev–Trinajstić information content (AvgIpc) is 2.56. The number of carbonyl (C=O) groups excluding carboxylic acids is 1. The molecular weight excluding hydrogens is 288 g/mol. The topological polar surface area (TPSA) is 43.8 Å². The van der Waals surface area contributed by atoms with Crippen LogP contribution in [0.2, 0.25) is 0 Å². The minimum absolute atomic E-state index is 0.134. The van der Waals surface area contributed by atoms with Crippen LogP contribution < -0.4 is 0 Å². The van der Waals surface area contributed by atoms with E-state index in [0.717, 1.165) is 38.3 Å². The SMILES string of the molecule is O=C(Cc1cccc(O)c1)N1CCN(Cc2ccccc2)CC1. The maximum absolute atomic E-state index is 12.4. The summed E-state index contributed by atoms with van der Waals surface area (Å²) in [4.78, 5) is 16.7. The van der Waals surface area contributed by atoms with Crippen LogP contribution in [-0.2, 0) is 17.8 Å². The summed E-state index contributed by atoms with van der Waals surface area (Å²) < 4.78 is 0. The Morgan fingerprint density at radius 1 is 0.913 bits per heavy atom. The molecule has 2 aromatic carbocycles. The van der Waals surface area contributed by atoms with Gasteiger partial charge in [-0.3, -0.25) is 9.69 Å². The van der Waals surface area contributed by atoms with Crippen molar-refractivity contribution in [3.63, 3.8) is 0 Å². The van der Waals surface area contributed by atoms with Gasteiger partial charge < -0.3 is 10.0 Å². The summed E-state index contributed by atoms with van der Waals surface area (Å²) in [6.45, 7) is 4.28. The van der Waals surface area contributed by atoms with Gasteiger partial charge in [0.2, 0.25) is 5.91 Å². The monoisotopic (exact) mass is 310 g/mol. The van der Waals surface area contributed by atoms with E-state index in [2.05, 4.69) is 29.2 Å². The zero-order valence-electron chi connectivity index (χ0n) is 13.2. The van der Waals surface area contributed by atoms with Gasteiger partial charge in [-0.1, -0.05) is 42.5 Å². The molecule has 0 aromatic heterocycles. The molecule has 120 valence electrons. The Hall–Kier alpha value is -2.33. The Morgan fingerprint density at radius 2 is 1.61 bits per heavy atom. The second kappa shape index (κ2) is 7.29. The van der Waals surface area contributed by atoms with E-state index < -0.39 is 0 Å². The quantitative estimate of drug-likeness (QED) is 0.942. The van der Waals surface area contributed by atoms with Gasteiger partial charge in [-0.15, -0.1) is 0 Å². The van der Waals surface area contributed by atoms with E-state index in [4.69, 9.17) is 0 Å². The molecule has 0 atom stereocenters. The minimum Gasteiger partial charge on any atom is -0.508 e. The molecule has 0 radical (unpaired) electrons. The molecule has 1 N–H and O–H groups in total. The number of amides is 1. The Labute approximate surface area is 137 Å². The molecule has 1 heterocycles. The standard InChI is InChI=1S/C19H22N2O2/c22-18-8-4-7-17(13-18)14-19(23)21-11-9-20(10-12-21)15-16-5-2-1-3-6-16/h1-8,13,22H,9-12,14-15H2. The maximum Gasteiger partial charge on any atom is 0.227 e. The van der Waals surface area contributed by atoms with Crippen LogP contribution in [0.4, 0.5) is 0 Å². The third-order valence-corrected chi connectivity index (χ3v) is 4.24. The molecule has 0 bridgehead atoms. The van der Waals surface area contributed by atoms with E-state index >= 15 is 0 Å². The summed E-state index contributed by atoms with van der Waals surface area (Å²) in [5, 5.41) is 9.48. The first kappa shape index (κ1) is 15.6. The second-order valence-electron chi connectivity index (χ2n) is 5.99. The van der Waals surface area contributed by atoms with Crippen molar-refractivity contribution in [1.82, 2.24) is 9.80 Å². The minimum atomic E-state index is 0.134. The number of hydrogen-bond donors (Lipinski definition) is 1. The smallest absolute Gasteiger partial charge is 0.227 e. The van der Waals surface area contributed by atoms with Crippen molar-refractivity contribution in [1.29, 1.82) is 0 Å². The Balaban J connectivity index is 1.49. The van der Waals surface area contributed by atoms with Crippen LogP contribution in [0.1, 0.15) is 11.1 Å². The fourth-order valence-corrected chi connectivity index (χ4v) is 2.95. The molecule has 1 amide bonds. The third kappa shape index (κ3) is 4.33. The van der Waals surface area contributed by atoms with Crippen LogP contribution in [0, 0.1) is 0 Å². The number of carbonyl (C=O) groups is 1. The lowest BCUT2D eigenvalue weighted by molar-refractivity contribution is -0.132. The van der Waals surface area contributed by atoms with Crippen molar-refractivity contribution in [2.75, 3.05) is 26.2 Å². The van der Waals surface area contributed by atoms with Crippen LogP contribution in [0.25, 0.3) is 0 Å². The van der Waals surface area contributed by atoms with Gasteiger partial charge in [-0.25, -0.2) is 0 Å². The average molecular weight is 310 g/mol. The fourth-order valence-electron chi connectivity index (χ4n) is 2.95. The molecular formula is C19H22N2O2. The third-order valence-electron chi connectivity index (χ3n) is 4.24. The largest absolute Gasteiger partial charge is 0.508 e. The molecule has 0 unspecified atom stereocenters. The summed E-state index contributed by atoms with van der Waals surface area (Å²) in [5.74, 6) is 0.345. The molecule has 1 fully saturated rings. The second-order valence-corrected chi connectivity index (χ2v) is 5.99. The molecule has 4 nitrogen and oxygen atoms in total. The van der Waals surface area contributed by atoms with Crippen molar-refractivity contribution in [3.8, 4) is 5.75 Å². The van der Waals surface area contributed by atoms with Crippen LogP contribution in [0.15, 0.2) is 54.6 Å². The maximum atomic E-state index is 12.4. The van der Waals surface area contributed by atoms with Crippen molar-refractivity contribution >= 4 is 5.91 Å². The highest BCUT2D eigenvalue weighted by atomic mass is 16.3. The summed E-state index contributed by atoms with van der Waals surface area (Å²) in [7, 11) is 0. The van der Waals surface area contributed by atoms with Crippen molar-refractivity contribution in [2.24, 2.45) is 0 Å². The lowest BCUT2D eigenvalue weighted by Crippen LogP contribution is -2.48. The number of benzene rings is 2. The van der Waals surface area contributed by atoms with Gasteiger partial charge in [0, 0.05) is 32.7 Å². The van der Waals surface area contributed by atoms with Crippen LogP contribution in [0.3, 0.4) is 0 Å². The summed E-state index contributed by atoms with van der Waals surface area (Å²) in [6.07, 6.45) is 0.354. The van der Waals surface area contributed by atoms with Crippen molar-refractivity contribution in [3.05, 3.63) is 65.7 Å². The number of phenols is 1.